The van der Waals surface area contributed by atoms with E-state index in [1.807, 2.05) is 23.3 Å². The lowest BCUT2D eigenvalue weighted by atomic mass is 9.95. The highest BCUT2D eigenvalue weighted by atomic mass is 32.1. The molecule has 4 nitrogen and oxygen atoms in total. The van der Waals surface area contributed by atoms with Crippen molar-refractivity contribution in [2.24, 2.45) is 11.7 Å². The van der Waals surface area contributed by atoms with Crippen LogP contribution in [0.1, 0.15) is 37.5 Å². The molecule has 1 aromatic heterocycles. The molecule has 1 amide bonds. The largest absolute Gasteiger partial charge is 0.376 e. The topological polar surface area (TPSA) is 55.6 Å². The second-order valence-electron chi connectivity index (χ2n) is 6.46. The van der Waals surface area contributed by atoms with Gasteiger partial charge < -0.3 is 15.4 Å². The van der Waals surface area contributed by atoms with Gasteiger partial charge in [-0.2, -0.15) is 0 Å². The molecule has 2 unspecified atom stereocenters. The zero-order valence-electron chi connectivity index (χ0n) is 12.6. The normalized spacial score (nSPS) is 24.8. The number of thiophene rings is 1. The Labute approximate surface area is 130 Å². The number of nitrogens with zero attached hydrogens (tertiary/aromatic N) is 1. The van der Waals surface area contributed by atoms with E-state index in [9.17, 15) is 4.79 Å². The van der Waals surface area contributed by atoms with Crippen LogP contribution in [0.25, 0.3) is 0 Å². The van der Waals surface area contributed by atoms with Crippen molar-refractivity contribution in [2.75, 3.05) is 13.2 Å². The number of ether oxygens (including phenoxy) is 1. The third-order valence-electron chi connectivity index (χ3n) is 4.55. The first-order valence-corrected chi connectivity index (χ1v) is 8.67. The number of amides is 1. The van der Waals surface area contributed by atoms with Crippen LogP contribution in [0.15, 0.2) is 17.5 Å². The van der Waals surface area contributed by atoms with Crippen LogP contribution in [0.5, 0.6) is 0 Å². The summed E-state index contributed by atoms with van der Waals surface area (Å²) in [6, 6.07) is 4.10. The fraction of sp³-hybridized carbons (Fsp3) is 0.688. The van der Waals surface area contributed by atoms with Crippen molar-refractivity contribution < 1.29 is 9.53 Å². The van der Waals surface area contributed by atoms with Gasteiger partial charge in [-0.3, -0.25) is 4.79 Å². The van der Waals surface area contributed by atoms with Gasteiger partial charge in [0.05, 0.1) is 18.2 Å². The van der Waals surface area contributed by atoms with E-state index < -0.39 is 5.54 Å². The molecule has 5 heteroatoms. The third kappa shape index (κ3) is 3.47. The molecule has 0 bridgehead atoms. The van der Waals surface area contributed by atoms with Gasteiger partial charge in [-0.1, -0.05) is 6.07 Å². The molecule has 0 spiro atoms. The Morgan fingerprint density at radius 1 is 1.52 bits per heavy atom. The van der Waals surface area contributed by atoms with Crippen LogP contribution in [-0.4, -0.2) is 35.6 Å². The van der Waals surface area contributed by atoms with Gasteiger partial charge in [-0.25, -0.2) is 0 Å². The molecule has 2 aliphatic rings. The fourth-order valence-electron chi connectivity index (χ4n) is 3.04. The summed E-state index contributed by atoms with van der Waals surface area (Å²) in [5, 5.41) is 2.05. The predicted molar refractivity (Wildman–Crippen MR) is 84.0 cm³/mol. The fourth-order valence-corrected chi connectivity index (χ4v) is 3.76. The van der Waals surface area contributed by atoms with Gasteiger partial charge >= 0.3 is 0 Å². The highest BCUT2D eigenvalue weighted by molar-refractivity contribution is 7.09. The van der Waals surface area contributed by atoms with Gasteiger partial charge in [0.15, 0.2) is 0 Å². The first-order chi connectivity index (χ1) is 10.1. The van der Waals surface area contributed by atoms with E-state index in [2.05, 4.69) is 6.07 Å². The molecule has 2 N–H and O–H groups in total. The lowest BCUT2D eigenvalue weighted by Gasteiger charge is -2.33. The molecule has 2 heterocycles. The minimum absolute atomic E-state index is 0.0777. The molecule has 1 aliphatic heterocycles. The van der Waals surface area contributed by atoms with Crippen LogP contribution >= 0.6 is 11.3 Å². The molecule has 0 radical (unpaired) electrons. The van der Waals surface area contributed by atoms with E-state index in [0.29, 0.717) is 19.0 Å². The van der Waals surface area contributed by atoms with Crippen molar-refractivity contribution in [2.45, 2.75) is 50.8 Å². The van der Waals surface area contributed by atoms with E-state index in [0.717, 1.165) is 32.3 Å². The van der Waals surface area contributed by atoms with E-state index in [1.54, 1.807) is 11.3 Å². The highest BCUT2D eigenvalue weighted by Gasteiger charge is 2.46. The minimum Gasteiger partial charge on any atom is -0.376 e. The van der Waals surface area contributed by atoms with Gasteiger partial charge in [0.25, 0.3) is 0 Å². The molecular formula is C16H24N2O2S. The summed E-state index contributed by atoms with van der Waals surface area (Å²) in [7, 11) is 0. The van der Waals surface area contributed by atoms with Crippen molar-refractivity contribution in [3.63, 3.8) is 0 Å². The average Bonchev–Trinajstić information content (AvgIpc) is 2.98. The summed E-state index contributed by atoms with van der Waals surface area (Å²) < 4.78 is 5.71. The maximum atomic E-state index is 12.9. The second kappa shape index (κ2) is 6.07. The molecule has 3 rings (SSSR count). The molecular weight excluding hydrogens is 284 g/mol. The number of nitrogens with two attached hydrogens (primary N) is 1. The zero-order chi connectivity index (χ0) is 14.9. The number of hydrogen-bond acceptors (Lipinski definition) is 4. The van der Waals surface area contributed by atoms with Crippen LogP contribution in [-0.2, 0) is 16.1 Å². The standard InChI is InChI=1S/C16H24N2O2S/c1-16(17,12-6-7-12)15(19)18(10-13-4-2-8-20-13)11-14-5-3-9-21-14/h3,5,9,12-13H,2,4,6-8,10-11,17H2,1H3. The van der Waals surface area contributed by atoms with E-state index in [4.69, 9.17) is 10.5 Å². The van der Waals surface area contributed by atoms with E-state index in [1.165, 1.54) is 4.88 Å². The Bertz CT molecular complexity index is 476. The van der Waals surface area contributed by atoms with Crippen molar-refractivity contribution in [1.82, 2.24) is 4.90 Å². The molecule has 1 aliphatic carbocycles. The molecule has 2 atom stereocenters. The molecule has 1 saturated heterocycles. The van der Waals surface area contributed by atoms with Crippen LogP contribution in [0.2, 0.25) is 0 Å². The number of carbonyl (C=O) groups excluding carboxylic acids is 1. The van der Waals surface area contributed by atoms with Gasteiger partial charge in [-0.05, 0) is 50.0 Å². The first kappa shape index (κ1) is 15.0. The molecule has 1 aromatic rings. The lowest BCUT2D eigenvalue weighted by molar-refractivity contribution is -0.139. The van der Waals surface area contributed by atoms with Crippen molar-refractivity contribution in [3.8, 4) is 0 Å². The minimum atomic E-state index is -0.726. The molecule has 21 heavy (non-hydrogen) atoms. The summed E-state index contributed by atoms with van der Waals surface area (Å²) in [5.41, 5.74) is 5.61. The predicted octanol–water partition coefficient (Wildman–Crippen LogP) is 2.38. The smallest absolute Gasteiger partial charge is 0.243 e. The zero-order valence-corrected chi connectivity index (χ0v) is 13.4. The SMILES string of the molecule is CC(N)(C(=O)N(Cc1cccs1)CC1CCCO1)C1CC1. The van der Waals surface area contributed by atoms with Crippen molar-refractivity contribution in [1.29, 1.82) is 0 Å². The Kier molecular flexibility index (Phi) is 4.33. The summed E-state index contributed by atoms with van der Waals surface area (Å²) in [4.78, 5) is 16.0. The maximum absolute atomic E-state index is 12.9. The number of hydrogen-bond donors (Lipinski definition) is 1. The van der Waals surface area contributed by atoms with E-state index >= 15 is 0 Å². The Morgan fingerprint density at radius 2 is 2.33 bits per heavy atom. The number of rotatable bonds is 6. The monoisotopic (exact) mass is 308 g/mol. The number of carbonyl (C=O) groups is 1. The summed E-state index contributed by atoms with van der Waals surface area (Å²) in [6.07, 6.45) is 4.45. The van der Waals surface area contributed by atoms with Crippen molar-refractivity contribution >= 4 is 17.2 Å². The second-order valence-corrected chi connectivity index (χ2v) is 7.49. The molecule has 116 valence electrons. The summed E-state index contributed by atoms with van der Waals surface area (Å²) in [6.45, 7) is 4.02. The van der Waals surface area contributed by atoms with Crippen molar-refractivity contribution in [3.05, 3.63) is 22.4 Å². The maximum Gasteiger partial charge on any atom is 0.243 e. The average molecular weight is 308 g/mol. The van der Waals surface area contributed by atoms with Crippen LogP contribution < -0.4 is 5.73 Å². The third-order valence-corrected chi connectivity index (χ3v) is 5.41. The molecule has 2 fully saturated rings. The van der Waals surface area contributed by atoms with Crippen LogP contribution in [0, 0.1) is 5.92 Å². The Balaban J connectivity index is 1.72. The van der Waals surface area contributed by atoms with Crippen LogP contribution in [0.4, 0.5) is 0 Å². The van der Waals surface area contributed by atoms with Gasteiger partial charge in [0, 0.05) is 18.0 Å². The first-order valence-electron chi connectivity index (χ1n) is 7.79. The molecule has 0 aromatic carbocycles. The van der Waals surface area contributed by atoms with Crippen LogP contribution in [0.3, 0.4) is 0 Å². The molecule has 1 saturated carbocycles. The lowest BCUT2D eigenvalue weighted by Crippen LogP contribution is -2.55. The van der Waals surface area contributed by atoms with Gasteiger partial charge in [0.1, 0.15) is 0 Å². The highest BCUT2D eigenvalue weighted by Crippen LogP contribution is 2.39. The van der Waals surface area contributed by atoms with Gasteiger partial charge in [-0.15, -0.1) is 11.3 Å². The van der Waals surface area contributed by atoms with E-state index in [-0.39, 0.29) is 12.0 Å². The quantitative estimate of drug-likeness (QED) is 0.878. The summed E-state index contributed by atoms with van der Waals surface area (Å²) in [5.74, 6) is 0.425. The Hall–Kier alpha value is -0.910. The summed E-state index contributed by atoms with van der Waals surface area (Å²) >= 11 is 1.69. The van der Waals surface area contributed by atoms with Gasteiger partial charge in [0.2, 0.25) is 5.91 Å². The Morgan fingerprint density at radius 3 is 2.90 bits per heavy atom.